The van der Waals surface area contributed by atoms with Crippen LogP contribution in [-0.2, 0) is 22.8 Å². The molecule has 0 atom stereocenters. The van der Waals surface area contributed by atoms with Crippen LogP contribution in [0, 0.1) is 6.92 Å². The number of halogens is 1. The maximum atomic E-state index is 13.0. The highest BCUT2D eigenvalue weighted by molar-refractivity contribution is 7.91. The Morgan fingerprint density at radius 2 is 2.00 bits per heavy atom. The van der Waals surface area contributed by atoms with Crippen LogP contribution in [0.25, 0.3) is 11.0 Å². The average Bonchev–Trinajstić information content (AvgIpc) is 2.94. The Bertz CT molecular complexity index is 1050. The van der Waals surface area contributed by atoms with Crippen molar-refractivity contribution in [3.63, 3.8) is 0 Å². The fourth-order valence-corrected chi connectivity index (χ4v) is 4.86. The van der Waals surface area contributed by atoms with Gasteiger partial charge in [-0.3, -0.25) is 0 Å². The van der Waals surface area contributed by atoms with Crippen molar-refractivity contribution >= 4 is 32.4 Å². The van der Waals surface area contributed by atoms with Crippen LogP contribution in [0.15, 0.2) is 50.6 Å². The summed E-state index contributed by atoms with van der Waals surface area (Å²) in [6.07, 6.45) is 0.778. The van der Waals surface area contributed by atoms with E-state index in [2.05, 4.69) is 5.32 Å². The molecule has 1 aromatic heterocycles. The first-order chi connectivity index (χ1) is 11.5. The molecule has 0 spiro atoms. The quantitative estimate of drug-likeness (QED) is 0.752. The molecule has 0 saturated heterocycles. The topological polar surface area (TPSA) is 59.3 Å². The molecule has 4 rings (SSSR count). The molecule has 0 unspecified atom stereocenters. The van der Waals surface area contributed by atoms with Gasteiger partial charge in [0.25, 0.3) is 0 Å². The molecule has 0 bridgehead atoms. The predicted octanol–water partition coefficient (Wildman–Crippen LogP) is 3.87. The second-order valence-electron chi connectivity index (χ2n) is 6.03. The Hall–Kier alpha value is -1.82. The van der Waals surface area contributed by atoms with Gasteiger partial charge in [0, 0.05) is 30.5 Å². The first-order valence-corrected chi connectivity index (χ1v) is 9.59. The third kappa shape index (κ3) is 2.44. The molecule has 3 aromatic rings. The van der Waals surface area contributed by atoms with E-state index in [0.29, 0.717) is 17.2 Å². The SMILES string of the molecule is Cc1cccc(S(=O)(=O)c2cc(Cl)c3oc4c(c3c2)CNCC4)c1. The summed E-state index contributed by atoms with van der Waals surface area (Å²) in [6, 6.07) is 10.0. The van der Waals surface area contributed by atoms with Gasteiger partial charge >= 0.3 is 0 Å². The number of rotatable bonds is 2. The van der Waals surface area contributed by atoms with Crippen molar-refractivity contribution in [1.82, 2.24) is 5.32 Å². The fraction of sp³-hybridized carbons (Fsp3) is 0.222. The lowest BCUT2D eigenvalue weighted by Gasteiger charge is -2.11. The molecule has 1 aliphatic rings. The Balaban J connectivity index is 1.94. The van der Waals surface area contributed by atoms with Gasteiger partial charge < -0.3 is 9.73 Å². The number of benzene rings is 2. The molecule has 0 radical (unpaired) electrons. The molecule has 124 valence electrons. The summed E-state index contributed by atoms with van der Waals surface area (Å²) in [5.41, 5.74) is 2.46. The van der Waals surface area contributed by atoms with E-state index in [1.165, 1.54) is 6.07 Å². The Labute approximate surface area is 145 Å². The van der Waals surface area contributed by atoms with E-state index in [-0.39, 0.29) is 9.79 Å². The van der Waals surface area contributed by atoms with Crippen molar-refractivity contribution in [2.75, 3.05) is 6.54 Å². The third-order valence-corrected chi connectivity index (χ3v) is 6.36. The number of furan rings is 1. The van der Waals surface area contributed by atoms with Gasteiger partial charge in [0.1, 0.15) is 5.76 Å². The number of nitrogens with one attached hydrogen (secondary N) is 1. The van der Waals surface area contributed by atoms with Gasteiger partial charge in [0.2, 0.25) is 9.84 Å². The van der Waals surface area contributed by atoms with Gasteiger partial charge in [-0.25, -0.2) is 8.42 Å². The average molecular weight is 362 g/mol. The van der Waals surface area contributed by atoms with E-state index in [9.17, 15) is 8.42 Å². The number of hydrogen-bond acceptors (Lipinski definition) is 4. The molecule has 24 heavy (non-hydrogen) atoms. The highest BCUT2D eigenvalue weighted by atomic mass is 35.5. The maximum absolute atomic E-state index is 13.0. The van der Waals surface area contributed by atoms with Crippen LogP contribution in [0.4, 0.5) is 0 Å². The van der Waals surface area contributed by atoms with Crippen LogP contribution in [0.1, 0.15) is 16.9 Å². The molecule has 0 saturated carbocycles. The van der Waals surface area contributed by atoms with Gasteiger partial charge in [0.05, 0.1) is 14.8 Å². The van der Waals surface area contributed by atoms with Crippen LogP contribution in [0.3, 0.4) is 0 Å². The van der Waals surface area contributed by atoms with E-state index in [1.807, 2.05) is 13.0 Å². The predicted molar refractivity (Wildman–Crippen MR) is 93.3 cm³/mol. The number of sulfone groups is 1. The molecule has 4 nitrogen and oxygen atoms in total. The molecule has 6 heteroatoms. The minimum absolute atomic E-state index is 0.194. The van der Waals surface area contributed by atoms with Crippen molar-refractivity contribution in [2.24, 2.45) is 0 Å². The summed E-state index contributed by atoms with van der Waals surface area (Å²) >= 11 is 6.33. The highest BCUT2D eigenvalue weighted by Crippen LogP contribution is 2.36. The number of aryl methyl sites for hydroxylation is 1. The minimum atomic E-state index is -3.63. The van der Waals surface area contributed by atoms with Gasteiger partial charge in [-0.2, -0.15) is 0 Å². The Morgan fingerprint density at radius 3 is 2.79 bits per heavy atom. The van der Waals surface area contributed by atoms with Crippen molar-refractivity contribution in [1.29, 1.82) is 0 Å². The lowest BCUT2D eigenvalue weighted by molar-refractivity contribution is 0.500. The molecule has 1 N–H and O–H groups in total. The van der Waals surface area contributed by atoms with Gasteiger partial charge in [-0.15, -0.1) is 0 Å². The summed E-state index contributed by atoms with van der Waals surface area (Å²) in [6.45, 7) is 3.37. The zero-order valence-corrected chi connectivity index (χ0v) is 14.7. The largest absolute Gasteiger partial charge is 0.459 e. The van der Waals surface area contributed by atoms with E-state index >= 15 is 0 Å². The lowest BCUT2D eigenvalue weighted by Crippen LogP contribution is -2.22. The van der Waals surface area contributed by atoms with Crippen molar-refractivity contribution < 1.29 is 12.8 Å². The zero-order chi connectivity index (χ0) is 16.9. The van der Waals surface area contributed by atoms with Crippen LogP contribution < -0.4 is 5.32 Å². The van der Waals surface area contributed by atoms with Crippen molar-refractivity contribution in [3.8, 4) is 0 Å². The third-order valence-electron chi connectivity index (χ3n) is 4.34. The summed E-state index contributed by atoms with van der Waals surface area (Å²) in [5, 5.41) is 4.38. The van der Waals surface area contributed by atoms with Gasteiger partial charge in [-0.05, 0) is 36.8 Å². The smallest absolute Gasteiger partial charge is 0.206 e. The minimum Gasteiger partial charge on any atom is -0.459 e. The van der Waals surface area contributed by atoms with Crippen LogP contribution in [0.2, 0.25) is 5.02 Å². The van der Waals surface area contributed by atoms with E-state index in [0.717, 1.165) is 35.2 Å². The molecule has 2 aromatic carbocycles. The Morgan fingerprint density at radius 1 is 1.17 bits per heavy atom. The summed E-state index contributed by atoms with van der Waals surface area (Å²) in [7, 11) is -3.63. The van der Waals surface area contributed by atoms with Crippen LogP contribution in [-0.4, -0.2) is 15.0 Å². The standard InChI is InChI=1S/C18H16ClNO3S/c1-11-3-2-4-12(7-11)24(21,22)13-8-14-15-10-20-6-5-17(15)23-18(14)16(19)9-13/h2-4,7-9,20H,5-6,10H2,1H3. The summed E-state index contributed by atoms with van der Waals surface area (Å²) in [4.78, 5) is 0.466. The second kappa shape index (κ2) is 5.62. The fourth-order valence-electron chi connectivity index (χ4n) is 3.12. The van der Waals surface area contributed by atoms with E-state index < -0.39 is 9.84 Å². The van der Waals surface area contributed by atoms with Gasteiger partial charge in [0.15, 0.2) is 5.58 Å². The number of hydrogen-bond donors (Lipinski definition) is 1. The van der Waals surface area contributed by atoms with E-state index in [1.54, 1.807) is 24.3 Å². The maximum Gasteiger partial charge on any atom is 0.206 e. The first kappa shape index (κ1) is 15.7. The molecular weight excluding hydrogens is 346 g/mol. The molecule has 2 heterocycles. The molecule has 0 amide bonds. The summed E-state index contributed by atoms with van der Waals surface area (Å²) < 4.78 is 31.8. The zero-order valence-electron chi connectivity index (χ0n) is 13.1. The number of fused-ring (bicyclic) bond motifs is 3. The monoisotopic (exact) mass is 361 g/mol. The molecule has 1 aliphatic heterocycles. The van der Waals surface area contributed by atoms with Gasteiger partial charge in [-0.1, -0.05) is 23.7 Å². The molecule has 0 aliphatic carbocycles. The molecular formula is C18H16ClNO3S. The lowest BCUT2D eigenvalue weighted by atomic mass is 10.1. The molecule has 0 fully saturated rings. The second-order valence-corrected chi connectivity index (χ2v) is 8.39. The first-order valence-electron chi connectivity index (χ1n) is 7.73. The highest BCUT2D eigenvalue weighted by Gasteiger charge is 2.24. The van der Waals surface area contributed by atoms with Crippen LogP contribution >= 0.6 is 11.6 Å². The van der Waals surface area contributed by atoms with Crippen LogP contribution in [0.5, 0.6) is 0 Å². The van der Waals surface area contributed by atoms with Crippen molar-refractivity contribution in [3.05, 3.63) is 58.3 Å². The van der Waals surface area contributed by atoms with Crippen molar-refractivity contribution in [2.45, 2.75) is 29.7 Å². The Kier molecular flexibility index (Phi) is 3.67. The summed E-state index contributed by atoms with van der Waals surface area (Å²) in [5.74, 6) is 0.885. The van der Waals surface area contributed by atoms with E-state index in [4.69, 9.17) is 16.0 Å². The normalized spacial score (nSPS) is 14.8.